The van der Waals surface area contributed by atoms with Gasteiger partial charge in [-0.1, -0.05) is 19.9 Å². The van der Waals surface area contributed by atoms with Gasteiger partial charge in [-0.3, -0.25) is 0 Å². The molecule has 1 aliphatic rings. The zero-order valence-corrected chi connectivity index (χ0v) is 12.2. The topological polar surface area (TPSA) is 27.0 Å². The van der Waals surface area contributed by atoms with Gasteiger partial charge in [0.2, 0.25) is 0 Å². The summed E-state index contributed by atoms with van der Waals surface area (Å²) in [6.07, 6.45) is 5.99. The van der Waals surface area contributed by atoms with E-state index in [1.807, 2.05) is 6.07 Å². The van der Waals surface area contributed by atoms with Crippen molar-refractivity contribution in [3.05, 3.63) is 34.9 Å². The van der Waals surface area contributed by atoms with Crippen LogP contribution in [0.2, 0.25) is 0 Å². The van der Waals surface area contributed by atoms with E-state index in [1.165, 1.54) is 43.5 Å². The number of nitrogens with zero attached hydrogens (tertiary/aromatic N) is 2. The van der Waals surface area contributed by atoms with E-state index in [9.17, 15) is 0 Å². The van der Waals surface area contributed by atoms with Crippen LogP contribution < -0.4 is 0 Å². The fourth-order valence-electron chi connectivity index (χ4n) is 3.17. The number of benzene rings is 1. The first-order chi connectivity index (χ1) is 9.28. The molecule has 0 radical (unpaired) electrons. The first-order valence-corrected chi connectivity index (χ1v) is 7.54. The van der Waals surface area contributed by atoms with Crippen molar-refractivity contribution >= 4 is 0 Å². The number of hydrogen-bond acceptors (Lipinski definition) is 2. The molecule has 0 amide bonds. The Bertz CT molecular complexity index is 453. The maximum Gasteiger partial charge on any atom is 0.0991 e. The third kappa shape index (κ3) is 3.36. The van der Waals surface area contributed by atoms with Crippen molar-refractivity contribution in [1.29, 1.82) is 5.26 Å². The molecule has 2 heteroatoms. The molecule has 0 fully saturated rings. The minimum Gasteiger partial charge on any atom is -0.300 e. The summed E-state index contributed by atoms with van der Waals surface area (Å²) in [6, 6.07) is 9.12. The van der Waals surface area contributed by atoms with Crippen LogP contribution in [0, 0.1) is 11.3 Å². The number of fused-ring (bicyclic) bond motifs is 1. The highest BCUT2D eigenvalue weighted by atomic mass is 15.1. The van der Waals surface area contributed by atoms with Gasteiger partial charge < -0.3 is 4.90 Å². The van der Waals surface area contributed by atoms with Crippen molar-refractivity contribution < 1.29 is 0 Å². The van der Waals surface area contributed by atoms with Crippen LogP contribution in [0.15, 0.2) is 18.2 Å². The zero-order valence-electron chi connectivity index (χ0n) is 12.2. The Morgan fingerprint density at radius 2 is 1.95 bits per heavy atom. The van der Waals surface area contributed by atoms with E-state index < -0.39 is 0 Å². The minimum atomic E-state index is 0.668. The molecule has 1 aromatic rings. The summed E-state index contributed by atoms with van der Waals surface area (Å²) >= 11 is 0. The molecule has 0 heterocycles. The smallest absolute Gasteiger partial charge is 0.0991 e. The molecule has 0 spiro atoms. The molecule has 0 saturated carbocycles. The van der Waals surface area contributed by atoms with Crippen LogP contribution in [0.3, 0.4) is 0 Å². The van der Waals surface area contributed by atoms with Gasteiger partial charge in [-0.15, -0.1) is 0 Å². The number of nitriles is 1. The molecule has 1 unspecified atom stereocenters. The SMILES string of the molecule is CCCN(CCC)C1CCc2ccc(C#N)cc2C1. The Balaban J connectivity index is 2.13. The molecule has 1 atom stereocenters. The summed E-state index contributed by atoms with van der Waals surface area (Å²) in [5.41, 5.74) is 3.65. The third-order valence-corrected chi connectivity index (χ3v) is 4.08. The normalized spacial score (nSPS) is 18.1. The monoisotopic (exact) mass is 256 g/mol. The molecule has 1 aromatic carbocycles. The first-order valence-electron chi connectivity index (χ1n) is 7.54. The number of aryl methyl sites for hydroxylation is 1. The maximum atomic E-state index is 9.02. The second-order valence-electron chi connectivity index (χ2n) is 5.53. The Morgan fingerprint density at radius 1 is 1.21 bits per heavy atom. The van der Waals surface area contributed by atoms with Gasteiger partial charge in [0.25, 0.3) is 0 Å². The van der Waals surface area contributed by atoms with E-state index in [0.717, 1.165) is 18.4 Å². The zero-order chi connectivity index (χ0) is 13.7. The second kappa shape index (κ2) is 6.73. The summed E-state index contributed by atoms with van der Waals surface area (Å²) in [5.74, 6) is 0. The minimum absolute atomic E-state index is 0.668. The van der Waals surface area contributed by atoms with Gasteiger partial charge in [0.05, 0.1) is 11.6 Å². The van der Waals surface area contributed by atoms with Crippen LogP contribution in [0.4, 0.5) is 0 Å². The first kappa shape index (κ1) is 14.1. The van der Waals surface area contributed by atoms with E-state index in [0.29, 0.717) is 6.04 Å². The summed E-state index contributed by atoms with van der Waals surface area (Å²) in [4.78, 5) is 2.64. The predicted molar refractivity (Wildman–Crippen MR) is 79.1 cm³/mol. The Hall–Kier alpha value is -1.33. The molecule has 0 bridgehead atoms. The fourth-order valence-corrected chi connectivity index (χ4v) is 3.17. The molecule has 0 saturated heterocycles. The van der Waals surface area contributed by atoms with Crippen molar-refractivity contribution in [2.75, 3.05) is 13.1 Å². The van der Waals surface area contributed by atoms with Gasteiger partial charge in [0.15, 0.2) is 0 Å². The van der Waals surface area contributed by atoms with Crippen LogP contribution in [-0.4, -0.2) is 24.0 Å². The van der Waals surface area contributed by atoms with Gasteiger partial charge >= 0.3 is 0 Å². The molecule has 19 heavy (non-hydrogen) atoms. The van der Waals surface area contributed by atoms with E-state index >= 15 is 0 Å². The Labute approximate surface area is 117 Å². The van der Waals surface area contributed by atoms with Crippen molar-refractivity contribution in [3.8, 4) is 6.07 Å². The summed E-state index contributed by atoms with van der Waals surface area (Å²) in [5, 5.41) is 9.02. The van der Waals surface area contributed by atoms with E-state index in [-0.39, 0.29) is 0 Å². The standard InChI is InChI=1S/C17H24N2/c1-3-9-19(10-4-2)17-8-7-15-6-5-14(13-18)11-16(15)12-17/h5-6,11,17H,3-4,7-10,12H2,1-2H3. The fraction of sp³-hybridized carbons (Fsp3) is 0.588. The molecular weight excluding hydrogens is 232 g/mol. The average molecular weight is 256 g/mol. The highest BCUT2D eigenvalue weighted by Crippen LogP contribution is 2.25. The number of rotatable bonds is 5. The van der Waals surface area contributed by atoms with E-state index in [2.05, 4.69) is 36.9 Å². The van der Waals surface area contributed by atoms with Crippen LogP contribution >= 0.6 is 0 Å². The van der Waals surface area contributed by atoms with Gasteiger partial charge in [-0.05, 0) is 68.5 Å². The molecular formula is C17H24N2. The molecule has 0 aromatic heterocycles. The lowest BCUT2D eigenvalue weighted by atomic mass is 9.86. The van der Waals surface area contributed by atoms with Crippen LogP contribution in [0.25, 0.3) is 0 Å². The molecule has 0 aliphatic heterocycles. The average Bonchev–Trinajstić information content (AvgIpc) is 2.46. The van der Waals surface area contributed by atoms with E-state index in [1.54, 1.807) is 0 Å². The summed E-state index contributed by atoms with van der Waals surface area (Å²) in [6.45, 7) is 6.91. The molecule has 2 nitrogen and oxygen atoms in total. The highest BCUT2D eigenvalue weighted by Gasteiger charge is 2.23. The maximum absolute atomic E-state index is 9.02. The Morgan fingerprint density at radius 3 is 2.58 bits per heavy atom. The van der Waals surface area contributed by atoms with Gasteiger partial charge in [-0.2, -0.15) is 5.26 Å². The molecule has 0 N–H and O–H groups in total. The van der Waals surface area contributed by atoms with Crippen LogP contribution in [0.1, 0.15) is 49.8 Å². The quantitative estimate of drug-likeness (QED) is 0.805. The van der Waals surface area contributed by atoms with Crippen LogP contribution in [0.5, 0.6) is 0 Å². The van der Waals surface area contributed by atoms with Crippen molar-refractivity contribution in [2.45, 2.75) is 52.0 Å². The molecule has 102 valence electrons. The lowest BCUT2D eigenvalue weighted by molar-refractivity contribution is 0.180. The largest absolute Gasteiger partial charge is 0.300 e. The third-order valence-electron chi connectivity index (χ3n) is 4.08. The van der Waals surface area contributed by atoms with Gasteiger partial charge in [0.1, 0.15) is 0 Å². The van der Waals surface area contributed by atoms with Crippen molar-refractivity contribution in [2.24, 2.45) is 0 Å². The van der Waals surface area contributed by atoms with Crippen molar-refractivity contribution in [1.82, 2.24) is 4.90 Å². The van der Waals surface area contributed by atoms with Gasteiger partial charge in [0, 0.05) is 6.04 Å². The molecule has 2 rings (SSSR count). The lowest BCUT2D eigenvalue weighted by Gasteiger charge is -2.35. The van der Waals surface area contributed by atoms with E-state index in [4.69, 9.17) is 5.26 Å². The molecule has 1 aliphatic carbocycles. The highest BCUT2D eigenvalue weighted by molar-refractivity contribution is 5.40. The summed E-state index contributed by atoms with van der Waals surface area (Å²) < 4.78 is 0. The number of hydrogen-bond donors (Lipinski definition) is 0. The predicted octanol–water partition coefficient (Wildman–Crippen LogP) is 3.54. The lowest BCUT2D eigenvalue weighted by Crippen LogP contribution is -2.40. The summed E-state index contributed by atoms with van der Waals surface area (Å²) in [7, 11) is 0. The Kier molecular flexibility index (Phi) is 4.99. The second-order valence-corrected chi connectivity index (χ2v) is 5.53. The van der Waals surface area contributed by atoms with Crippen molar-refractivity contribution in [3.63, 3.8) is 0 Å². The van der Waals surface area contributed by atoms with Crippen LogP contribution in [-0.2, 0) is 12.8 Å². The van der Waals surface area contributed by atoms with Gasteiger partial charge in [-0.25, -0.2) is 0 Å².